The Labute approximate surface area is 35.2 Å². The van der Waals surface area contributed by atoms with Crippen molar-refractivity contribution < 1.29 is 0 Å². The fraction of sp³-hybridized carbons (Fsp3) is 0. The number of hydrogen-bond acceptors (Lipinski definition) is 3. The molecule has 0 bridgehead atoms. The highest BCUT2D eigenvalue weighted by Gasteiger charge is 1.76. The van der Waals surface area contributed by atoms with E-state index in [-0.39, 0.29) is 5.71 Å². The van der Waals surface area contributed by atoms with Gasteiger partial charge in [-0.15, -0.1) is 0 Å². The third-order valence-electron chi connectivity index (χ3n) is 0.265. The molecule has 0 aliphatic heterocycles. The predicted octanol–water partition coefficient (Wildman–Crippen LogP) is 0.179. The van der Waals surface area contributed by atoms with E-state index in [0.29, 0.717) is 6.21 Å². The van der Waals surface area contributed by atoms with Crippen LogP contribution in [0.2, 0.25) is 0 Å². The third kappa shape index (κ3) is 1.18. The summed E-state index contributed by atoms with van der Waals surface area (Å²) in [4.78, 5) is 0. The summed E-state index contributed by atoms with van der Waals surface area (Å²) in [6.07, 6.45) is 0.694. The van der Waals surface area contributed by atoms with E-state index in [0.717, 1.165) is 0 Å². The van der Waals surface area contributed by atoms with Crippen LogP contribution in [0.4, 0.5) is 0 Å². The van der Waals surface area contributed by atoms with Gasteiger partial charge in [0.15, 0.2) is 0 Å². The molecular formula is C3H3N3. The molecule has 0 amide bonds. The molecule has 0 saturated heterocycles. The number of nitrogens with zero attached hydrogens (tertiary/aromatic N) is 1. The molecule has 6 heavy (non-hydrogen) atoms. The van der Waals surface area contributed by atoms with E-state index in [1.54, 1.807) is 0 Å². The van der Waals surface area contributed by atoms with Crippen LogP contribution in [-0.4, -0.2) is 11.9 Å². The highest BCUT2D eigenvalue weighted by molar-refractivity contribution is 6.35. The van der Waals surface area contributed by atoms with Crippen molar-refractivity contribution in [2.75, 3.05) is 0 Å². The van der Waals surface area contributed by atoms with Crippen LogP contribution in [0.15, 0.2) is 0 Å². The molecular weight excluding hydrogens is 78.1 g/mol. The summed E-state index contributed by atoms with van der Waals surface area (Å²) in [5, 5.41) is 20.3. The molecule has 0 aromatic heterocycles. The van der Waals surface area contributed by atoms with Crippen molar-refractivity contribution >= 4 is 11.9 Å². The summed E-state index contributed by atoms with van der Waals surface area (Å²) in [5.41, 5.74) is -0.310. The van der Waals surface area contributed by atoms with E-state index in [1.807, 2.05) is 0 Å². The lowest BCUT2D eigenvalue weighted by molar-refractivity contribution is 1.49. The molecule has 0 radical (unpaired) electrons. The topological polar surface area (TPSA) is 71.5 Å². The molecule has 0 aromatic carbocycles. The smallest absolute Gasteiger partial charge is 0.149 e. The molecule has 0 rings (SSSR count). The summed E-state index contributed by atoms with van der Waals surface area (Å²) >= 11 is 0. The fourth-order valence-electron chi connectivity index (χ4n) is 0.0323. The Morgan fingerprint density at radius 1 is 1.83 bits per heavy atom. The van der Waals surface area contributed by atoms with E-state index in [9.17, 15) is 0 Å². The average molecular weight is 81.1 g/mol. The number of nitrogens with one attached hydrogen (secondary N) is 2. The minimum atomic E-state index is -0.310. The largest absolute Gasteiger partial charge is 0.306 e. The van der Waals surface area contributed by atoms with Crippen LogP contribution in [0.5, 0.6) is 0 Å². The van der Waals surface area contributed by atoms with Gasteiger partial charge >= 0.3 is 0 Å². The van der Waals surface area contributed by atoms with Gasteiger partial charge in [0.2, 0.25) is 0 Å². The second-order valence-electron chi connectivity index (χ2n) is 0.670. The van der Waals surface area contributed by atoms with Crippen molar-refractivity contribution in [1.29, 1.82) is 16.1 Å². The molecule has 2 N–H and O–H groups in total. The maximum Gasteiger partial charge on any atom is 0.149 e. The van der Waals surface area contributed by atoms with E-state index in [2.05, 4.69) is 0 Å². The average Bonchev–Trinajstić information content (AvgIpc) is 1.65. The number of hydrogen-bond donors (Lipinski definition) is 2. The molecule has 0 aliphatic carbocycles. The predicted molar refractivity (Wildman–Crippen MR) is 22.1 cm³/mol. The Morgan fingerprint density at radius 2 is 2.33 bits per heavy atom. The van der Waals surface area contributed by atoms with Gasteiger partial charge in [0.1, 0.15) is 11.8 Å². The first kappa shape index (κ1) is 4.83. The molecule has 0 unspecified atom stereocenters. The van der Waals surface area contributed by atoms with Gasteiger partial charge in [0, 0.05) is 0 Å². The van der Waals surface area contributed by atoms with Crippen LogP contribution in [0.1, 0.15) is 0 Å². The van der Waals surface area contributed by atoms with Gasteiger partial charge in [0.25, 0.3) is 0 Å². The minimum absolute atomic E-state index is 0.310. The monoisotopic (exact) mass is 81.0 g/mol. The highest BCUT2D eigenvalue weighted by Crippen LogP contribution is 1.53. The van der Waals surface area contributed by atoms with Crippen molar-refractivity contribution in [3.8, 4) is 6.07 Å². The Balaban J connectivity index is 3.63. The van der Waals surface area contributed by atoms with Gasteiger partial charge in [-0.25, -0.2) is 0 Å². The van der Waals surface area contributed by atoms with Crippen molar-refractivity contribution in [2.24, 2.45) is 0 Å². The molecule has 0 fully saturated rings. The zero-order valence-electron chi connectivity index (χ0n) is 3.02. The van der Waals surface area contributed by atoms with Crippen molar-refractivity contribution in [3.63, 3.8) is 0 Å². The third-order valence-corrected chi connectivity index (χ3v) is 0.265. The van der Waals surface area contributed by atoms with Gasteiger partial charge < -0.3 is 5.41 Å². The molecule has 0 saturated carbocycles. The van der Waals surface area contributed by atoms with Crippen molar-refractivity contribution in [2.45, 2.75) is 0 Å². The zero-order valence-corrected chi connectivity index (χ0v) is 3.02. The van der Waals surface area contributed by atoms with Crippen LogP contribution in [0, 0.1) is 22.1 Å². The van der Waals surface area contributed by atoms with Crippen LogP contribution in [0.25, 0.3) is 0 Å². The molecule has 0 atom stereocenters. The lowest BCUT2D eigenvalue weighted by Gasteiger charge is -1.64. The van der Waals surface area contributed by atoms with E-state index in [4.69, 9.17) is 16.1 Å². The van der Waals surface area contributed by atoms with Gasteiger partial charge in [-0.3, -0.25) is 5.41 Å². The quantitative estimate of drug-likeness (QED) is 0.434. The van der Waals surface area contributed by atoms with Gasteiger partial charge in [-0.1, -0.05) is 0 Å². The normalized spacial score (nSPS) is 5.83. The van der Waals surface area contributed by atoms with E-state index < -0.39 is 0 Å². The summed E-state index contributed by atoms with van der Waals surface area (Å²) in [7, 11) is 0. The van der Waals surface area contributed by atoms with Gasteiger partial charge in [0.05, 0.1) is 6.21 Å². The zero-order chi connectivity index (χ0) is 4.99. The molecule has 0 aromatic rings. The summed E-state index contributed by atoms with van der Waals surface area (Å²) in [6, 6.07) is 1.45. The highest BCUT2D eigenvalue weighted by atomic mass is 14.5. The first-order valence-corrected chi connectivity index (χ1v) is 1.30. The second-order valence-corrected chi connectivity index (χ2v) is 0.670. The molecule has 3 heteroatoms. The van der Waals surface area contributed by atoms with Crippen molar-refractivity contribution in [3.05, 3.63) is 0 Å². The lowest BCUT2D eigenvalue weighted by atomic mass is 10.5. The fourth-order valence-corrected chi connectivity index (χ4v) is 0.0323. The molecule has 0 spiro atoms. The lowest BCUT2D eigenvalue weighted by Crippen LogP contribution is -1.87. The number of nitriles is 1. The Kier molecular flexibility index (Phi) is 1.68. The molecule has 30 valence electrons. The first-order valence-electron chi connectivity index (χ1n) is 1.30. The number of rotatable bonds is 1. The van der Waals surface area contributed by atoms with Crippen LogP contribution < -0.4 is 0 Å². The second kappa shape index (κ2) is 2.09. The van der Waals surface area contributed by atoms with Crippen molar-refractivity contribution in [1.82, 2.24) is 0 Å². The summed E-state index contributed by atoms with van der Waals surface area (Å²) in [6.45, 7) is 0. The maximum atomic E-state index is 7.71. The standard InChI is InChI=1S/C3H3N3/c4-1-3(6)2-5/h1,4,6H. The summed E-state index contributed by atoms with van der Waals surface area (Å²) < 4.78 is 0. The Hall–Kier alpha value is -1.17. The van der Waals surface area contributed by atoms with Crippen LogP contribution >= 0.6 is 0 Å². The van der Waals surface area contributed by atoms with E-state index >= 15 is 0 Å². The van der Waals surface area contributed by atoms with Crippen LogP contribution in [0.3, 0.4) is 0 Å². The SMILES string of the molecule is N#CC(=N)C=N. The molecule has 0 heterocycles. The first-order chi connectivity index (χ1) is 2.81. The molecule has 3 nitrogen and oxygen atoms in total. The van der Waals surface area contributed by atoms with E-state index in [1.165, 1.54) is 6.07 Å². The van der Waals surface area contributed by atoms with Gasteiger partial charge in [-0.05, 0) is 0 Å². The Morgan fingerprint density at radius 3 is 2.33 bits per heavy atom. The Bertz CT molecular complexity index is 108. The summed E-state index contributed by atoms with van der Waals surface area (Å²) in [5.74, 6) is 0. The minimum Gasteiger partial charge on any atom is -0.306 e. The molecule has 0 aliphatic rings. The van der Waals surface area contributed by atoms with Gasteiger partial charge in [-0.2, -0.15) is 5.26 Å². The maximum absolute atomic E-state index is 7.71. The van der Waals surface area contributed by atoms with Crippen LogP contribution in [-0.2, 0) is 0 Å².